The molecule has 4 aliphatic rings. The minimum absolute atomic E-state index is 0.0193. The molecule has 6 nitrogen and oxygen atoms in total. The first-order valence-electron chi connectivity index (χ1n) is 13.4. The standard InChI is InChI=1S/C27H46O6/c1-15(4-7-22(31)16(13-28)14-29)19-5-6-20-25-21(12-24(33)27(19,20)3)26(2)9-8-18(30)10-17(26)11-23(25)32/h15-22,24-25,28-31,33H,4-14H2,1-3H3/t15-,17+,18-,19-,20+,21+,22-,24+,25+,26+,27-/m1/s1. The Morgan fingerprint density at radius 2 is 1.70 bits per heavy atom. The van der Waals surface area contributed by atoms with Crippen molar-refractivity contribution in [2.24, 2.45) is 52.3 Å². The Balaban J connectivity index is 1.52. The number of carbonyl (C=O) groups excluding carboxylic acids is 1. The molecule has 0 radical (unpaired) electrons. The van der Waals surface area contributed by atoms with Crippen LogP contribution < -0.4 is 0 Å². The van der Waals surface area contributed by atoms with Crippen molar-refractivity contribution in [3.05, 3.63) is 0 Å². The maximum Gasteiger partial charge on any atom is 0.136 e. The maximum absolute atomic E-state index is 13.5. The van der Waals surface area contributed by atoms with Gasteiger partial charge in [-0.3, -0.25) is 4.79 Å². The fourth-order valence-electron chi connectivity index (χ4n) is 9.02. The number of aliphatic hydroxyl groups excluding tert-OH is 5. The van der Waals surface area contributed by atoms with E-state index in [2.05, 4.69) is 20.8 Å². The van der Waals surface area contributed by atoms with Crippen LogP contribution in [0.2, 0.25) is 0 Å². The molecule has 0 heterocycles. The largest absolute Gasteiger partial charge is 0.396 e. The summed E-state index contributed by atoms with van der Waals surface area (Å²) in [6, 6.07) is 0. The fraction of sp³-hybridized carbons (Fsp3) is 0.963. The van der Waals surface area contributed by atoms with E-state index in [1.54, 1.807) is 0 Å². The SMILES string of the molecule is C[C@H](CC[C@@H](O)C(CO)CO)[C@H]1CC[C@H]2[C@@H]3C(=O)C[C@@H]4C[C@H](O)CC[C@]4(C)[C@H]3C[C@H](O)[C@]12C. The molecule has 6 heteroatoms. The van der Waals surface area contributed by atoms with E-state index in [1.165, 1.54) is 0 Å². The normalized spacial score (nSPS) is 47.1. The number of Topliss-reactive ketones (excluding diaryl/α,β-unsaturated/α-hetero) is 1. The molecule has 33 heavy (non-hydrogen) atoms. The van der Waals surface area contributed by atoms with Gasteiger partial charge in [-0.25, -0.2) is 0 Å². The Hall–Kier alpha value is -0.530. The van der Waals surface area contributed by atoms with Gasteiger partial charge in [0.1, 0.15) is 5.78 Å². The predicted octanol–water partition coefficient (Wildman–Crippen LogP) is 2.53. The highest BCUT2D eigenvalue weighted by atomic mass is 16.3. The second kappa shape index (κ2) is 9.50. The van der Waals surface area contributed by atoms with Crippen LogP contribution in [0.3, 0.4) is 0 Å². The van der Waals surface area contributed by atoms with E-state index in [0.29, 0.717) is 37.4 Å². The number of aliphatic hydroxyl groups is 5. The highest BCUT2D eigenvalue weighted by Gasteiger charge is 2.65. The lowest BCUT2D eigenvalue weighted by Gasteiger charge is -2.61. The highest BCUT2D eigenvalue weighted by Crippen LogP contribution is 2.67. The zero-order valence-corrected chi connectivity index (χ0v) is 20.7. The number of carbonyl (C=O) groups is 1. The third-order valence-electron chi connectivity index (χ3n) is 11.2. The van der Waals surface area contributed by atoms with E-state index in [-0.39, 0.29) is 59.7 Å². The van der Waals surface area contributed by atoms with Gasteiger partial charge in [0.15, 0.2) is 0 Å². The molecule has 4 aliphatic carbocycles. The summed E-state index contributed by atoms with van der Waals surface area (Å²) in [6.07, 6.45) is 5.50. The van der Waals surface area contributed by atoms with E-state index in [4.69, 9.17) is 0 Å². The van der Waals surface area contributed by atoms with E-state index >= 15 is 0 Å². The molecular formula is C27H46O6. The van der Waals surface area contributed by atoms with Gasteiger partial charge < -0.3 is 25.5 Å². The van der Waals surface area contributed by atoms with Crippen LogP contribution in [0.5, 0.6) is 0 Å². The summed E-state index contributed by atoms with van der Waals surface area (Å²) in [6.45, 7) is 6.27. The van der Waals surface area contributed by atoms with Crippen molar-refractivity contribution in [3.8, 4) is 0 Å². The first-order valence-corrected chi connectivity index (χ1v) is 13.4. The van der Waals surface area contributed by atoms with Crippen LogP contribution >= 0.6 is 0 Å². The van der Waals surface area contributed by atoms with E-state index in [0.717, 1.165) is 32.1 Å². The van der Waals surface area contributed by atoms with E-state index < -0.39 is 18.1 Å². The highest BCUT2D eigenvalue weighted by molar-refractivity contribution is 5.83. The van der Waals surface area contributed by atoms with Crippen LogP contribution in [-0.2, 0) is 4.79 Å². The molecule has 0 aromatic rings. The van der Waals surface area contributed by atoms with Crippen LogP contribution in [-0.4, -0.2) is 62.8 Å². The third kappa shape index (κ3) is 4.12. The number of ketones is 1. The van der Waals surface area contributed by atoms with Gasteiger partial charge >= 0.3 is 0 Å². The molecule has 0 aromatic carbocycles. The smallest absolute Gasteiger partial charge is 0.136 e. The Labute approximate surface area is 198 Å². The monoisotopic (exact) mass is 466 g/mol. The van der Waals surface area contributed by atoms with Gasteiger partial charge in [-0.05, 0) is 86.4 Å². The van der Waals surface area contributed by atoms with Crippen LogP contribution in [0.4, 0.5) is 0 Å². The Kier molecular flexibility index (Phi) is 7.35. The third-order valence-corrected chi connectivity index (χ3v) is 11.2. The van der Waals surface area contributed by atoms with Gasteiger partial charge in [0, 0.05) is 23.7 Å². The Morgan fingerprint density at radius 1 is 1.00 bits per heavy atom. The van der Waals surface area contributed by atoms with Gasteiger partial charge in [-0.15, -0.1) is 0 Å². The van der Waals surface area contributed by atoms with Gasteiger partial charge in [0.25, 0.3) is 0 Å². The number of hydrogen-bond acceptors (Lipinski definition) is 6. The zero-order chi connectivity index (χ0) is 24.1. The Bertz CT molecular complexity index is 709. The average Bonchev–Trinajstić information content (AvgIpc) is 3.13. The fourth-order valence-corrected chi connectivity index (χ4v) is 9.02. The molecule has 0 aromatic heterocycles. The van der Waals surface area contributed by atoms with Crippen molar-refractivity contribution in [1.29, 1.82) is 0 Å². The number of hydrogen-bond donors (Lipinski definition) is 5. The zero-order valence-electron chi connectivity index (χ0n) is 20.7. The molecular weight excluding hydrogens is 420 g/mol. The first-order chi connectivity index (χ1) is 15.6. The van der Waals surface area contributed by atoms with Gasteiger partial charge in [0.05, 0.1) is 31.5 Å². The second-order valence-electron chi connectivity index (χ2n) is 12.6. The predicted molar refractivity (Wildman–Crippen MR) is 125 cm³/mol. The van der Waals surface area contributed by atoms with Crippen LogP contribution in [0.15, 0.2) is 0 Å². The van der Waals surface area contributed by atoms with Crippen LogP contribution in [0, 0.1) is 52.3 Å². The van der Waals surface area contributed by atoms with Crippen molar-refractivity contribution in [3.63, 3.8) is 0 Å². The summed E-state index contributed by atoms with van der Waals surface area (Å²) in [4.78, 5) is 13.5. The molecule has 4 fully saturated rings. The van der Waals surface area contributed by atoms with Crippen molar-refractivity contribution < 1.29 is 30.3 Å². The molecule has 190 valence electrons. The quantitative estimate of drug-likeness (QED) is 0.394. The first kappa shape index (κ1) is 25.6. The number of fused-ring (bicyclic) bond motifs is 5. The second-order valence-corrected chi connectivity index (χ2v) is 12.6. The topological polar surface area (TPSA) is 118 Å². The van der Waals surface area contributed by atoms with Crippen LogP contribution in [0.1, 0.15) is 78.6 Å². The number of rotatable bonds is 7. The van der Waals surface area contributed by atoms with E-state index in [1.807, 2.05) is 0 Å². The lowest BCUT2D eigenvalue weighted by molar-refractivity contribution is -0.182. The summed E-state index contributed by atoms with van der Waals surface area (Å²) in [5.41, 5.74) is -0.274. The molecule has 4 rings (SSSR count). The van der Waals surface area contributed by atoms with E-state index in [9.17, 15) is 30.3 Å². The average molecular weight is 467 g/mol. The van der Waals surface area contributed by atoms with Gasteiger partial charge in [-0.1, -0.05) is 20.8 Å². The minimum Gasteiger partial charge on any atom is -0.396 e. The summed E-state index contributed by atoms with van der Waals surface area (Å²) in [7, 11) is 0. The van der Waals surface area contributed by atoms with Crippen LogP contribution in [0.25, 0.3) is 0 Å². The molecule has 0 bridgehead atoms. The molecule has 4 saturated carbocycles. The molecule has 0 spiro atoms. The van der Waals surface area contributed by atoms with Crippen molar-refractivity contribution >= 4 is 5.78 Å². The maximum atomic E-state index is 13.5. The molecule has 0 amide bonds. The van der Waals surface area contributed by atoms with Gasteiger partial charge in [-0.2, -0.15) is 0 Å². The van der Waals surface area contributed by atoms with Crippen molar-refractivity contribution in [1.82, 2.24) is 0 Å². The van der Waals surface area contributed by atoms with Crippen molar-refractivity contribution in [2.75, 3.05) is 13.2 Å². The molecule has 0 aliphatic heterocycles. The Morgan fingerprint density at radius 3 is 2.36 bits per heavy atom. The molecule has 11 atom stereocenters. The summed E-state index contributed by atoms with van der Waals surface area (Å²) < 4.78 is 0. The summed E-state index contributed by atoms with van der Waals surface area (Å²) in [5.74, 6) is 1.08. The summed E-state index contributed by atoms with van der Waals surface area (Å²) in [5, 5.41) is 50.9. The lowest BCUT2D eigenvalue weighted by atomic mass is 9.43. The molecule has 0 unspecified atom stereocenters. The molecule has 0 saturated heterocycles. The summed E-state index contributed by atoms with van der Waals surface area (Å²) >= 11 is 0. The van der Waals surface area contributed by atoms with Crippen molar-refractivity contribution in [2.45, 2.75) is 96.9 Å². The molecule has 5 N–H and O–H groups in total. The van der Waals surface area contributed by atoms with Gasteiger partial charge in [0.2, 0.25) is 0 Å². The lowest BCUT2D eigenvalue weighted by Crippen LogP contribution is -2.61. The minimum atomic E-state index is -0.730.